The monoisotopic (exact) mass is 607 g/mol. The van der Waals surface area contributed by atoms with Crippen LogP contribution >= 0.6 is 27.5 Å². The minimum atomic E-state index is -4.12. The molecule has 0 amide bonds. The van der Waals surface area contributed by atoms with Crippen molar-refractivity contribution in [3.63, 3.8) is 0 Å². The molecular formula is C29H35BrClNO4S. The van der Waals surface area contributed by atoms with Crippen LogP contribution in [0.4, 0.5) is 0 Å². The minimum Gasteiger partial charge on any atom is -0.300 e. The van der Waals surface area contributed by atoms with Crippen LogP contribution in [0.5, 0.6) is 0 Å². The highest BCUT2D eigenvalue weighted by Crippen LogP contribution is 2.47. The van der Waals surface area contributed by atoms with Crippen molar-refractivity contribution in [1.29, 1.82) is 0 Å². The number of hydrogen-bond acceptors (Lipinski definition) is 4. The molecule has 0 aliphatic carbocycles. The molecule has 1 aliphatic rings. The molecule has 3 rings (SSSR count). The fourth-order valence-corrected chi connectivity index (χ4v) is 7.51. The number of halogens is 2. The minimum absolute atomic E-state index is 0.00320. The number of carbonyl (C=O) groups is 2. The lowest BCUT2D eigenvalue weighted by Gasteiger charge is -2.37. The Hall–Kier alpha value is -1.80. The van der Waals surface area contributed by atoms with E-state index in [-0.39, 0.29) is 33.8 Å². The fraction of sp³-hybridized carbons (Fsp3) is 0.448. The van der Waals surface area contributed by atoms with Gasteiger partial charge in [-0.15, -0.1) is 0 Å². The molecule has 37 heavy (non-hydrogen) atoms. The largest absolute Gasteiger partial charge is 0.300 e. The Morgan fingerprint density at radius 2 is 1.65 bits per heavy atom. The molecule has 2 aromatic carbocycles. The van der Waals surface area contributed by atoms with Crippen molar-refractivity contribution in [1.82, 2.24) is 4.31 Å². The maximum atomic E-state index is 14.2. The van der Waals surface area contributed by atoms with Gasteiger partial charge < -0.3 is 0 Å². The van der Waals surface area contributed by atoms with Crippen molar-refractivity contribution in [3.05, 3.63) is 75.2 Å². The molecule has 1 aliphatic heterocycles. The Balaban J connectivity index is 2.20. The van der Waals surface area contributed by atoms with E-state index in [1.165, 1.54) is 17.3 Å². The summed E-state index contributed by atoms with van der Waals surface area (Å²) >= 11 is 9.83. The molecule has 2 aromatic rings. The van der Waals surface area contributed by atoms with Crippen LogP contribution in [0.25, 0.3) is 0 Å². The molecule has 0 saturated heterocycles. The van der Waals surface area contributed by atoms with Gasteiger partial charge in [-0.25, -0.2) is 8.42 Å². The average molecular weight is 609 g/mol. The molecule has 0 radical (unpaired) electrons. The second kappa shape index (κ2) is 11.5. The van der Waals surface area contributed by atoms with Crippen LogP contribution in [0.15, 0.2) is 69.5 Å². The SMILES string of the molecule is CC(=O)[C@@H](CC(=O)C1=C[C@@H](C(C)(C)C)N(S(=O)(=O)c2ccccc2Cl)C1c1ccc(Br)cc1)CC(C)C. The highest BCUT2D eigenvalue weighted by atomic mass is 79.9. The van der Waals surface area contributed by atoms with E-state index in [4.69, 9.17) is 11.6 Å². The summed E-state index contributed by atoms with van der Waals surface area (Å²) in [5.74, 6) is -0.407. The first-order valence-electron chi connectivity index (χ1n) is 12.4. The highest BCUT2D eigenvalue weighted by Gasteiger charge is 2.49. The average Bonchev–Trinajstić information content (AvgIpc) is 3.21. The number of rotatable bonds is 9. The third-order valence-corrected chi connectivity index (χ3v) is 9.59. The van der Waals surface area contributed by atoms with Crippen LogP contribution in [0.2, 0.25) is 5.02 Å². The van der Waals surface area contributed by atoms with E-state index in [1.807, 2.05) is 58.9 Å². The first-order valence-corrected chi connectivity index (χ1v) is 15.0. The summed E-state index contributed by atoms with van der Waals surface area (Å²) in [7, 11) is -4.12. The summed E-state index contributed by atoms with van der Waals surface area (Å²) in [5, 5.41) is 0.123. The van der Waals surface area contributed by atoms with Crippen LogP contribution in [-0.4, -0.2) is 30.3 Å². The summed E-state index contributed by atoms with van der Waals surface area (Å²) in [6.07, 6.45) is 2.43. The van der Waals surface area contributed by atoms with Gasteiger partial charge in [0.15, 0.2) is 5.78 Å². The van der Waals surface area contributed by atoms with E-state index >= 15 is 0 Å². The van der Waals surface area contributed by atoms with Crippen LogP contribution in [-0.2, 0) is 19.6 Å². The number of ketones is 2. The van der Waals surface area contributed by atoms with E-state index in [2.05, 4.69) is 15.9 Å². The third kappa shape index (κ3) is 6.62. The molecule has 0 aromatic heterocycles. The highest BCUT2D eigenvalue weighted by molar-refractivity contribution is 9.10. The summed E-state index contributed by atoms with van der Waals surface area (Å²) in [4.78, 5) is 26.3. The lowest BCUT2D eigenvalue weighted by Crippen LogP contribution is -2.45. The number of sulfonamides is 1. The molecule has 1 heterocycles. The summed E-state index contributed by atoms with van der Waals surface area (Å²) in [5.41, 5.74) is 0.545. The van der Waals surface area contributed by atoms with Gasteiger partial charge in [0.25, 0.3) is 0 Å². The number of nitrogens with zero attached hydrogens (tertiary/aromatic N) is 1. The van der Waals surface area contributed by atoms with Crippen molar-refractivity contribution in [2.45, 2.75) is 71.4 Å². The quantitative estimate of drug-likeness (QED) is 0.297. The Morgan fingerprint density at radius 3 is 2.16 bits per heavy atom. The Bertz CT molecular complexity index is 1300. The van der Waals surface area contributed by atoms with Gasteiger partial charge in [-0.2, -0.15) is 4.31 Å². The third-order valence-electron chi connectivity index (χ3n) is 6.71. The Morgan fingerprint density at radius 1 is 1.05 bits per heavy atom. The van der Waals surface area contributed by atoms with Gasteiger partial charge in [-0.1, -0.05) is 92.5 Å². The summed E-state index contributed by atoms with van der Waals surface area (Å²) in [6, 6.07) is 12.2. The molecule has 1 unspecified atom stereocenters. The van der Waals surface area contributed by atoms with Gasteiger partial charge in [0.1, 0.15) is 10.7 Å². The molecule has 8 heteroatoms. The second-order valence-electron chi connectivity index (χ2n) is 11.2. The Kier molecular flexibility index (Phi) is 9.26. The van der Waals surface area contributed by atoms with Gasteiger partial charge in [-0.05, 0) is 54.5 Å². The standard InChI is InChI=1S/C29H35BrClNO4S/c1-18(2)15-21(19(3)33)16-25(34)23-17-27(29(4,5)6)32(28(23)20-11-13-22(30)14-12-20)37(35,36)26-10-8-7-9-24(26)31/h7-14,17-18,21,27-28H,15-16H2,1-6H3/t21-,27+,28?/m1/s1. The van der Waals surface area contributed by atoms with Crippen molar-refractivity contribution in [2.75, 3.05) is 0 Å². The topological polar surface area (TPSA) is 71.5 Å². The molecule has 0 spiro atoms. The van der Waals surface area contributed by atoms with Gasteiger partial charge in [0.2, 0.25) is 10.0 Å². The molecule has 0 fully saturated rings. The van der Waals surface area contributed by atoms with E-state index in [0.29, 0.717) is 17.6 Å². The molecule has 0 saturated carbocycles. The molecular weight excluding hydrogens is 574 g/mol. The molecule has 3 atom stereocenters. The van der Waals surface area contributed by atoms with Crippen LogP contribution in [0.3, 0.4) is 0 Å². The zero-order valence-corrected chi connectivity index (χ0v) is 25.3. The zero-order valence-electron chi connectivity index (χ0n) is 22.2. The first-order chi connectivity index (χ1) is 17.1. The van der Waals surface area contributed by atoms with Gasteiger partial charge in [0.05, 0.1) is 11.1 Å². The number of Topliss-reactive ketones (excluding diaryl/α,β-unsaturated/α-hetero) is 2. The zero-order chi connectivity index (χ0) is 27.7. The predicted octanol–water partition coefficient (Wildman–Crippen LogP) is 7.40. The van der Waals surface area contributed by atoms with Gasteiger partial charge in [0, 0.05) is 28.4 Å². The summed E-state index contributed by atoms with van der Waals surface area (Å²) in [6.45, 7) is 11.4. The second-order valence-corrected chi connectivity index (χ2v) is 14.4. The number of carbonyl (C=O) groups excluding carboxylic acids is 2. The number of hydrogen-bond donors (Lipinski definition) is 0. The molecule has 5 nitrogen and oxygen atoms in total. The van der Waals surface area contributed by atoms with Crippen molar-refractivity contribution < 1.29 is 18.0 Å². The smallest absolute Gasteiger partial charge is 0.245 e. The maximum Gasteiger partial charge on any atom is 0.245 e. The van der Waals surface area contributed by atoms with Crippen LogP contribution in [0, 0.1) is 17.3 Å². The van der Waals surface area contributed by atoms with Crippen LogP contribution in [0.1, 0.15) is 66.0 Å². The molecule has 200 valence electrons. The molecule has 0 N–H and O–H groups in total. The maximum absolute atomic E-state index is 14.2. The van der Waals surface area contributed by atoms with E-state index < -0.39 is 33.4 Å². The van der Waals surface area contributed by atoms with Crippen molar-refractivity contribution >= 4 is 49.1 Å². The van der Waals surface area contributed by atoms with E-state index in [0.717, 1.165) is 4.47 Å². The lowest BCUT2D eigenvalue weighted by atomic mass is 9.85. The summed E-state index contributed by atoms with van der Waals surface area (Å²) < 4.78 is 30.7. The normalized spacial score (nSPS) is 19.6. The predicted molar refractivity (Wildman–Crippen MR) is 152 cm³/mol. The Labute approximate surface area is 234 Å². The van der Waals surface area contributed by atoms with Crippen molar-refractivity contribution in [2.24, 2.45) is 17.3 Å². The number of benzene rings is 2. The van der Waals surface area contributed by atoms with Gasteiger partial charge >= 0.3 is 0 Å². The van der Waals surface area contributed by atoms with E-state index in [1.54, 1.807) is 24.3 Å². The van der Waals surface area contributed by atoms with Gasteiger partial charge in [-0.3, -0.25) is 9.59 Å². The fourth-order valence-electron chi connectivity index (χ4n) is 4.84. The lowest BCUT2D eigenvalue weighted by molar-refractivity contribution is -0.125. The van der Waals surface area contributed by atoms with E-state index in [9.17, 15) is 18.0 Å². The van der Waals surface area contributed by atoms with Crippen LogP contribution < -0.4 is 0 Å². The first kappa shape index (κ1) is 29.8. The molecule has 0 bridgehead atoms. The van der Waals surface area contributed by atoms with Crippen molar-refractivity contribution in [3.8, 4) is 0 Å².